The molecule has 2 saturated heterocycles. The van der Waals surface area contributed by atoms with Crippen molar-refractivity contribution in [2.75, 3.05) is 39.3 Å². The Hall–Kier alpha value is -2.15. The Bertz CT molecular complexity index is 852. The quantitative estimate of drug-likeness (QED) is 0.802. The van der Waals surface area contributed by atoms with Gasteiger partial charge in [0.05, 0.1) is 5.69 Å². The summed E-state index contributed by atoms with van der Waals surface area (Å²) in [7, 11) is 0. The van der Waals surface area contributed by atoms with Crippen molar-refractivity contribution in [2.45, 2.75) is 45.1 Å². The summed E-state index contributed by atoms with van der Waals surface area (Å²) in [6, 6.07) is 4.78. The summed E-state index contributed by atoms with van der Waals surface area (Å²) in [5, 5.41) is 5.14. The zero-order valence-corrected chi connectivity index (χ0v) is 16.9. The minimum atomic E-state index is -0.300. The molecule has 0 bridgehead atoms. The molecule has 7 heteroatoms. The fourth-order valence-electron chi connectivity index (χ4n) is 4.33. The van der Waals surface area contributed by atoms with Gasteiger partial charge in [0.15, 0.2) is 5.58 Å². The molecule has 2 aliphatic heterocycles. The zero-order valence-electron chi connectivity index (χ0n) is 16.9. The highest BCUT2D eigenvalue weighted by Gasteiger charge is 2.35. The summed E-state index contributed by atoms with van der Waals surface area (Å²) in [6.45, 7) is 11.5. The molecule has 0 atom stereocenters. The van der Waals surface area contributed by atoms with Gasteiger partial charge in [-0.25, -0.2) is 9.18 Å². The van der Waals surface area contributed by atoms with Crippen molar-refractivity contribution in [1.82, 2.24) is 19.9 Å². The summed E-state index contributed by atoms with van der Waals surface area (Å²) >= 11 is 0. The summed E-state index contributed by atoms with van der Waals surface area (Å²) in [6.07, 6.45) is 2.00. The van der Waals surface area contributed by atoms with Crippen LogP contribution in [0.1, 0.15) is 45.2 Å². The van der Waals surface area contributed by atoms with E-state index in [1.54, 1.807) is 6.07 Å². The van der Waals surface area contributed by atoms with Gasteiger partial charge in [0.25, 0.3) is 0 Å². The molecule has 3 heterocycles. The van der Waals surface area contributed by atoms with Gasteiger partial charge in [-0.05, 0) is 58.8 Å². The van der Waals surface area contributed by atoms with Crippen LogP contribution in [0.3, 0.4) is 0 Å². The van der Waals surface area contributed by atoms with Crippen LogP contribution in [0, 0.1) is 5.82 Å². The molecule has 0 spiro atoms. The van der Waals surface area contributed by atoms with E-state index in [4.69, 9.17) is 4.52 Å². The lowest BCUT2D eigenvalue weighted by Crippen LogP contribution is -2.45. The van der Waals surface area contributed by atoms with Crippen molar-refractivity contribution in [3.05, 3.63) is 29.7 Å². The van der Waals surface area contributed by atoms with Gasteiger partial charge in [-0.15, -0.1) is 0 Å². The van der Waals surface area contributed by atoms with Gasteiger partial charge in [0, 0.05) is 49.1 Å². The number of nitrogens with zero attached hydrogens (tertiary/aromatic N) is 4. The summed E-state index contributed by atoms with van der Waals surface area (Å²) in [5.74, 6) is 0.0410. The number of amides is 2. The van der Waals surface area contributed by atoms with Crippen LogP contribution in [0.25, 0.3) is 11.0 Å². The standard InChI is InChI=1S/C21H29FN4O2/c1-21(2,3)26-13-12-25(20(26)27)11-10-24-8-6-15(7-9-24)19-17-5-4-16(22)14-18(17)28-23-19/h4-5,14-15H,6-13H2,1-3H3. The zero-order chi connectivity index (χ0) is 19.9. The molecule has 152 valence electrons. The van der Waals surface area contributed by atoms with Crippen LogP contribution >= 0.6 is 0 Å². The number of carbonyl (C=O) groups is 1. The van der Waals surface area contributed by atoms with Crippen LogP contribution in [0.5, 0.6) is 0 Å². The second kappa shape index (κ2) is 7.35. The maximum Gasteiger partial charge on any atom is 0.320 e. The maximum atomic E-state index is 13.3. The number of carbonyl (C=O) groups excluding carboxylic acids is 1. The number of rotatable bonds is 4. The van der Waals surface area contributed by atoms with Gasteiger partial charge in [-0.2, -0.15) is 0 Å². The molecular formula is C21H29FN4O2. The highest BCUT2D eigenvalue weighted by Crippen LogP contribution is 2.32. The third kappa shape index (κ3) is 3.72. The van der Waals surface area contributed by atoms with Gasteiger partial charge in [0.2, 0.25) is 0 Å². The Labute approximate surface area is 165 Å². The SMILES string of the molecule is CC(C)(C)N1CCN(CCN2CCC(c3noc4cc(F)ccc34)CC2)C1=O. The summed E-state index contributed by atoms with van der Waals surface area (Å²) in [4.78, 5) is 18.9. The molecule has 4 rings (SSSR count). The maximum absolute atomic E-state index is 13.3. The first-order valence-corrected chi connectivity index (χ1v) is 10.2. The lowest BCUT2D eigenvalue weighted by atomic mass is 9.91. The van der Waals surface area contributed by atoms with Crippen molar-refractivity contribution in [3.63, 3.8) is 0 Å². The van der Waals surface area contributed by atoms with Crippen molar-refractivity contribution in [1.29, 1.82) is 0 Å². The number of benzene rings is 1. The van der Waals surface area contributed by atoms with E-state index in [2.05, 4.69) is 30.8 Å². The fourth-order valence-corrected chi connectivity index (χ4v) is 4.33. The van der Waals surface area contributed by atoms with Gasteiger partial charge >= 0.3 is 6.03 Å². The highest BCUT2D eigenvalue weighted by atomic mass is 19.1. The predicted octanol–water partition coefficient (Wildman–Crippen LogP) is 3.68. The molecular weight excluding hydrogens is 359 g/mol. The minimum absolute atomic E-state index is 0.118. The molecule has 0 saturated carbocycles. The number of piperidine rings is 1. The van der Waals surface area contributed by atoms with E-state index in [1.165, 1.54) is 12.1 Å². The van der Waals surface area contributed by atoms with Crippen molar-refractivity contribution in [3.8, 4) is 0 Å². The van der Waals surface area contributed by atoms with E-state index in [1.807, 2.05) is 9.80 Å². The van der Waals surface area contributed by atoms with Crippen molar-refractivity contribution < 1.29 is 13.7 Å². The van der Waals surface area contributed by atoms with Crippen LogP contribution in [0.2, 0.25) is 0 Å². The summed E-state index contributed by atoms with van der Waals surface area (Å²) in [5.41, 5.74) is 1.35. The topological polar surface area (TPSA) is 52.8 Å². The smallest absolute Gasteiger partial charge is 0.320 e. The van der Waals surface area contributed by atoms with E-state index in [0.717, 1.165) is 63.2 Å². The van der Waals surface area contributed by atoms with Gasteiger partial charge < -0.3 is 19.2 Å². The molecule has 0 N–H and O–H groups in total. The Morgan fingerprint density at radius 1 is 1.14 bits per heavy atom. The molecule has 2 aliphatic rings. The first-order valence-electron chi connectivity index (χ1n) is 10.2. The van der Waals surface area contributed by atoms with Crippen LogP contribution in [0.15, 0.2) is 22.7 Å². The fraction of sp³-hybridized carbons (Fsp3) is 0.619. The molecule has 1 aromatic carbocycles. The molecule has 0 unspecified atom stereocenters. The normalized spacial score (nSPS) is 19.9. The molecule has 2 amide bonds. The lowest BCUT2D eigenvalue weighted by molar-refractivity contribution is 0.147. The number of hydrogen-bond donors (Lipinski definition) is 0. The third-order valence-corrected chi connectivity index (χ3v) is 6.03. The van der Waals surface area contributed by atoms with Gasteiger partial charge in [0.1, 0.15) is 5.82 Å². The molecule has 28 heavy (non-hydrogen) atoms. The number of halogens is 1. The van der Waals surface area contributed by atoms with Gasteiger partial charge in [-0.1, -0.05) is 5.16 Å². The minimum Gasteiger partial charge on any atom is -0.356 e. The molecule has 1 aromatic heterocycles. The molecule has 0 aliphatic carbocycles. The summed E-state index contributed by atoms with van der Waals surface area (Å²) < 4.78 is 18.7. The Morgan fingerprint density at radius 2 is 1.89 bits per heavy atom. The van der Waals surface area contributed by atoms with E-state index < -0.39 is 0 Å². The van der Waals surface area contributed by atoms with Crippen LogP contribution in [0.4, 0.5) is 9.18 Å². The average molecular weight is 388 g/mol. The number of urea groups is 1. The highest BCUT2D eigenvalue weighted by molar-refractivity contribution is 5.80. The van der Waals surface area contributed by atoms with E-state index in [-0.39, 0.29) is 17.4 Å². The molecule has 0 radical (unpaired) electrons. The number of likely N-dealkylation sites (tertiary alicyclic amines) is 1. The first-order chi connectivity index (χ1) is 13.3. The van der Waals surface area contributed by atoms with E-state index in [0.29, 0.717) is 11.5 Å². The molecule has 2 aromatic rings. The third-order valence-electron chi connectivity index (χ3n) is 6.03. The van der Waals surface area contributed by atoms with Crippen LogP contribution in [-0.2, 0) is 0 Å². The number of hydrogen-bond acceptors (Lipinski definition) is 4. The number of fused-ring (bicyclic) bond motifs is 1. The Morgan fingerprint density at radius 3 is 2.57 bits per heavy atom. The van der Waals surface area contributed by atoms with E-state index >= 15 is 0 Å². The monoisotopic (exact) mass is 388 g/mol. The van der Waals surface area contributed by atoms with Crippen molar-refractivity contribution in [2.24, 2.45) is 0 Å². The van der Waals surface area contributed by atoms with Crippen LogP contribution < -0.4 is 0 Å². The van der Waals surface area contributed by atoms with E-state index in [9.17, 15) is 9.18 Å². The van der Waals surface area contributed by atoms with Gasteiger partial charge in [-0.3, -0.25) is 0 Å². The second-order valence-corrected chi connectivity index (χ2v) is 8.92. The Kier molecular flexibility index (Phi) is 5.04. The first kappa shape index (κ1) is 19.2. The van der Waals surface area contributed by atoms with Crippen molar-refractivity contribution >= 4 is 17.0 Å². The lowest BCUT2D eigenvalue weighted by Gasteiger charge is -2.33. The second-order valence-electron chi connectivity index (χ2n) is 8.92. The average Bonchev–Trinajstić information content (AvgIpc) is 3.23. The van der Waals surface area contributed by atoms with Crippen LogP contribution in [-0.4, -0.2) is 70.7 Å². The Balaban J connectivity index is 1.29. The molecule has 6 nitrogen and oxygen atoms in total. The predicted molar refractivity (Wildman–Crippen MR) is 106 cm³/mol. The largest absolute Gasteiger partial charge is 0.356 e. The molecule has 2 fully saturated rings. The number of aromatic nitrogens is 1.